The van der Waals surface area contributed by atoms with E-state index in [1.165, 1.54) is 6.07 Å². The smallest absolute Gasteiger partial charge is 0.254 e. The molecule has 98 valence electrons. The molecule has 0 fully saturated rings. The fourth-order valence-electron chi connectivity index (χ4n) is 1.23. The molecule has 0 bridgehead atoms. The SMILES string of the molecule is NC(=O)CCCCNC(=O)c1cc(Cl)nnc1Cl. The maximum Gasteiger partial charge on any atom is 0.254 e. The van der Waals surface area contributed by atoms with Gasteiger partial charge in [-0.25, -0.2) is 0 Å². The summed E-state index contributed by atoms with van der Waals surface area (Å²) in [6, 6.07) is 1.34. The monoisotopic (exact) mass is 290 g/mol. The van der Waals surface area contributed by atoms with Crippen molar-refractivity contribution in [2.24, 2.45) is 5.73 Å². The summed E-state index contributed by atoms with van der Waals surface area (Å²) in [4.78, 5) is 22.2. The molecule has 0 atom stereocenters. The lowest BCUT2D eigenvalue weighted by Gasteiger charge is -2.05. The summed E-state index contributed by atoms with van der Waals surface area (Å²) in [5, 5.41) is 9.76. The zero-order chi connectivity index (χ0) is 13.5. The Balaban J connectivity index is 2.41. The minimum atomic E-state index is -0.379. The molecule has 0 radical (unpaired) electrons. The average Bonchev–Trinajstić information content (AvgIpc) is 2.31. The summed E-state index contributed by atoms with van der Waals surface area (Å²) >= 11 is 11.3. The first kappa shape index (κ1) is 14.7. The van der Waals surface area contributed by atoms with Crippen molar-refractivity contribution in [2.75, 3.05) is 6.54 Å². The van der Waals surface area contributed by atoms with Crippen LogP contribution in [0.2, 0.25) is 10.3 Å². The molecule has 0 saturated heterocycles. The van der Waals surface area contributed by atoms with Crippen LogP contribution >= 0.6 is 23.2 Å². The largest absolute Gasteiger partial charge is 0.370 e. The van der Waals surface area contributed by atoms with E-state index in [4.69, 9.17) is 28.9 Å². The second kappa shape index (κ2) is 7.13. The molecule has 1 aromatic rings. The molecule has 2 amide bonds. The summed E-state index contributed by atoms with van der Waals surface area (Å²) in [7, 11) is 0. The van der Waals surface area contributed by atoms with Crippen molar-refractivity contribution in [3.63, 3.8) is 0 Å². The number of nitrogens with zero attached hydrogens (tertiary/aromatic N) is 2. The molecule has 0 spiro atoms. The van der Waals surface area contributed by atoms with Crippen LogP contribution in [-0.4, -0.2) is 28.6 Å². The van der Waals surface area contributed by atoms with E-state index < -0.39 is 0 Å². The van der Waals surface area contributed by atoms with Crippen molar-refractivity contribution in [1.82, 2.24) is 15.5 Å². The number of amides is 2. The Kier molecular flexibility index (Phi) is 5.80. The highest BCUT2D eigenvalue weighted by atomic mass is 35.5. The Morgan fingerprint density at radius 3 is 2.67 bits per heavy atom. The average molecular weight is 291 g/mol. The van der Waals surface area contributed by atoms with Gasteiger partial charge in [0.15, 0.2) is 10.3 Å². The molecule has 18 heavy (non-hydrogen) atoms. The van der Waals surface area contributed by atoms with E-state index in [1.54, 1.807) is 0 Å². The third kappa shape index (κ3) is 4.85. The molecular weight excluding hydrogens is 279 g/mol. The molecule has 0 aromatic carbocycles. The number of halogens is 2. The molecule has 1 aromatic heterocycles. The number of primary amides is 1. The highest BCUT2D eigenvalue weighted by molar-refractivity contribution is 6.34. The quantitative estimate of drug-likeness (QED) is 0.768. The van der Waals surface area contributed by atoms with Crippen LogP contribution in [0.15, 0.2) is 6.07 Å². The van der Waals surface area contributed by atoms with Gasteiger partial charge >= 0.3 is 0 Å². The van der Waals surface area contributed by atoms with Crippen molar-refractivity contribution >= 4 is 35.0 Å². The van der Waals surface area contributed by atoms with Crippen LogP contribution in [0.4, 0.5) is 0 Å². The number of hydrogen-bond acceptors (Lipinski definition) is 4. The third-order valence-electron chi connectivity index (χ3n) is 2.10. The number of carbonyl (C=O) groups excluding carboxylic acids is 2. The van der Waals surface area contributed by atoms with Crippen molar-refractivity contribution in [3.05, 3.63) is 21.9 Å². The highest BCUT2D eigenvalue weighted by Gasteiger charge is 2.12. The Morgan fingerprint density at radius 2 is 2.00 bits per heavy atom. The molecule has 0 aliphatic rings. The zero-order valence-electron chi connectivity index (χ0n) is 9.45. The molecule has 0 unspecified atom stereocenters. The molecule has 1 rings (SSSR count). The predicted octanol–water partition coefficient (Wildman–Crippen LogP) is 1.17. The third-order valence-corrected chi connectivity index (χ3v) is 2.56. The van der Waals surface area contributed by atoms with Gasteiger partial charge in [0.05, 0.1) is 5.56 Å². The van der Waals surface area contributed by atoms with Gasteiger partial charge in [-0.1, -0.05) is 23.2 Å². The predicted molar refractivity (Wildman–Crippen MR) is 67.4 cm³/mol. The molecule has 1 heterocycles. The fourth-order valence-corrected chi connectivity index (χ4v) is 1.56. The minimum Gasteiger partial charge on any atom is -0.370 e. The molecule has 6 nitrogen and oxygen atoms in total. The van der Waals surface area contributed by atoms with E-state index in [0.717, 1.165) is 0 Å². The summed E-state index contributed by atoms with van der Waals surface area (Å²) in [5.74, 6) is -0.731. The van der Waals surface area contributed by atoms with E-state index in [-0.39, 0.29) is 27.7 Å². The molecule has 8 heteroatoms. The van der Waals surface area contributed by atoms with Gasteiger partial charge in [0.25, 0.3) is 5.91 Å². The lowest BCUT2D eigenvalue weighted by atomic mass is 10.2. The van der Waals surface area contributed by atoms with Crippen molar-refractivity contribution in [2.45, 2.75) is 19.3 Å². The Hall–Kier alpha value is -1.40. The zero-order valence-corrected chi connectivity index (χ0v) is 11.0. The number of unbranched alkanes of at least 4 members (excludes halogenated alkanes) is 1. The number of rotatable bonds is 6. The summed E-state index contributed by atoms with van der Waals surface area (Å²) in [6.45, 7) is 0.419. The van der Waals surface area contributed by atoms with Crippen LogP contribution in [0.5, 0.6) is 0 Å². The van der Waals surface area contributed by atoms with Crippen LogP contribution in [0.1, 0.15) is 29.6 Å². The van der Waals surface area contributed by atoms with Crippen molar-refractivity contribution < 1.29 is 9.59 Å². The number of hydrogen-bond donors (Lipinski definition) is 2. The number of nitrogens with two attached hydrogens (primary N) is 1. The summed E-state index contributed by atoms with van der Waals surface area (Å²) < 4.78 is 0. The lowest BCUT2D eigenvalue weighted by molar-refractivity contribution is -0.118. The fraction of sp³-hybridized carbons (Fsp3) is 0.400. The van der Waals surface area contributed by atoms with Gasteiger partial charge in [-0.2, -0.15) is 0 Å². The van der Waals surface area contributed by atoms with Crippen LogP contribution < -0.4 is 11.1 Å². The van der Waals surface area contributed by atoms with E-state index >= 15 is 0 Å². The van der Waals surface area contributed by atoms with Gasteiger partial charge < -0.3 is 11.1 Å². The van der Waals surface area contributed by atoms with Gasteiger partial charge in [0.1, 0.15) is 0 Å². The molecular formula is C10H12Cl2N4O2. The lowest BCUT2D eigenvalue weighted by Crippen LogP contribution is -2.25. The van der Waals surface area contributed by atoms with E-state index in [2.05, 4.69) is 15.5 Å². The standard InChI is InChI=1S/C10H12Cl2N4O2/c11-7-5-6(9(12)16-15-7)10(18)14-4-2-1-3-8(13)17/h5H,1-4H2,(H2,13,17)(H,14,18). The maximum atomic E-state index is 11.7. The topological polar surface area (TPSA) is 98.0 Å². The number of carbonyl (C=O) groups is 2. The van der Waals surface area contributed by atoms with Crippen LogP contribution in [0.3, 0.4) is 0 Å². The first-order valence-electron chi connectivity index (χ1n) is 5.26. The summed E-state index contributed by atoms with van der Waals surface area (Å²) in [6.07, 6.45) is 1.58. The molecule has 3 N–H and O–H groups in total. The van der Waals surface area contributed by atoms with Crippen LogP contribution in [-0.2, 0) is 4.79 Å². The number of nitrogens with one attached hydrogen (secondary N) is 1. The Labute approximate surface area is 114 Å². The number of aromatic nitrogens is 2. The van der Waals surface area contributed by atoms with E-state index in [1.807, 2.05) is 0 Å². The maximum absolute atomic E-state index is 11.7. The van der Waals surface area contributed by atoms with E-state index in [9.17, 15) is 9.59 Å². The second-order valence-electron chi connectivity index (χ2n) is 3.55. The van der Waals surface area contributed by atoms with Crippen LogP contribution in [0.25, 0.3) is 0 Å². The van der Waals surface area contributed by atoms with Crippen molar-refractivity contribution in [1.29, 1.82) is 0 Å². The Morgan fingerprint density at radius 1 is 1.28 bits per heavy atom. The first-order valence-corrected chi connectivity index (χ1v) is 6.01. The van der Waals surface area contributed by atoms with Crippen LogP contribution in [0, 0.1) is 0 Å². The molecule has 0 saturated carbocycles. The van der Waals surface area contributed by atoms with Crippen molar-refractivity contribution in [3.8, 4) is 0 Å². The second-order valence-corrected chi connectivity index (χ2v) is 4.30. The first-order chi connectivity index (χ1) is 8.50. The van der Waals surface area contributed by atoms with Gasteiger partial charge in [-0.05, 0) is 18.9 Å². The van der Waals surface area contributed by atoms with Gasteiger partial charge in [-0.3, -0.25) is 9.59 Å². The van der Waals surface area contributed by atoms with Gasteiger partial charge in [0.2, 0.25) is 5.91 Å². The van der Waals surface area contributed by atoms with E-state index in [0.29, 0.717) is 25.8 Å². The molecule has 0 aliphatic heterocycles. The normalized spacial score (nSPS) is 10.1. The van der Waals surface area contributed by atoms with Gasteiger partial charge in [-0.15, -0.1) is 10.2 Å². The minimum absolute atomic E-state index is 0.00552. The molecule has 0 aliphatic carbocycles. The highest BCUT2D eigenvalue weighted by Crippen LogP contribution is 2.14. The van der Waals surface area contributed by atoms with Gasteiger partial charge in [0, 0.05) is 13.0 Å². The Bertz CT molecular complexity index is 454. The summed E-state index contributed by atoms with van der Waals surface area (Å²) in [5.41, 5.74) is 5.16.